The molecule has 116 valence electrons. The van der Waals surface area contributed by atoms with Crippen LogP contribution >= 0.6 is 0 Å². The lowest BCUT2D eigenvalue weighted by Gasteiger charge is -2.28. The van der Waals surface area contributed by atoms with Crippen molar-refractivity contribution in [2.75, 3.05) is 0 Å². The maximum atomic E-state index is 11.5. The molecular formula is C11H16N4O4S2. The van der Waals surface area contributed by atoms with Gasteiger partial charge in [-0.3, -0.25) is 18.9 Å². The van der Waals surface area contributed by atoms with Gasteiger partial charge in [0.1, 0.15) is 0 Å². The monoisotopic (exact) mass is 332 g/mol. The fraction of sp³-hybridized carbons (Fsp3) is 0.273. The van der Waals surface area contributed by atoms with Crippen LogP contribution in [0.15, 0.2) is 47.1 Å². The number of allylic oxidation sites excluding steroid dienone is 4. The molecule has 0 atom stereocenters. The van der Waals surface area contributed by atoms with Crippen LogP contribution in [0, 0.1) is 0 Å². The molecule has 21 heavy (non-hydrogen) atoms. The Morgan fingerprint density at radius 2 is 1.10 bits per heavy atom. The summed E-state index contributed by atoms with van der Waals surface area (Å²) in [4.78, 5) is 0. The van der Waals surface area contributed by atoms with Gasteiger partial charge in [0.2, 0.25) is 0 Å². The Bertz CT molecular complexity index is 735. The number of hydrogen-bond acceptors (Lipinski definition) is 4. The van der Waals surface area contributed by atoms with Crippen molar-refractivity contribution in [3.8, 4) is 0 Å². The molecule has 2 aliphatic rings. The highest BCUT2D eigenvalue weighted by atomic mass is 32.2. The second-order valence-corrected chi connectivity index (χ2v) is 7.59. The molecule has 0 aromatic heterocycles. The van der Waals surface area contributed by atoms with E-state index in [1.807, 2.05) is 0 Å². The molecule has 0 aliphatic carbocycles. The van der Waals surface area contributed by atoms with Crippen molar-refractivity contribution < 1.29 is 16.8 Å². The first-order valence-corrected chi connectivity index (χ1v) is 8.86. The molecule has 0 radical (unpaired) electrons. The van der Waals surface area contributed by atoms with E-state index in [2.05, 4.69) is 32.0 Å². The molecule has 2 rings (SSSR count). The van der Waals surface area contributed by atoms with Crippen molar-refractivity contribution in [1.82, 2.24) is 18.9 Å². The summed E-state index contributed by atoms with van der Waals surface area (Å²) in [6, 6.07) is 0. The van der Waals surface area contributed by atoms with E-state index in [4.69, 9.17) is 0 Å². The number of rotatable bonds is 2. The molecule has 0 aromatic rings. The van der Waals surface area contributed by atoms with E-state index in [1.165, 1.54) is 0 Å². The normalized spacial score (nSPS) is 23.9. The zero-order valence-electron chi connectivity index (χ0n) is 11.6. The van der Waals surface area contributed by atoms with E-state index < -0.39 is 20.4 Å². The Morgan fingerprint density at radius 1 is 0.762 bits per heavy atom. The van der Waals surface area contributed by atoms with E-state index in [0.717, 1.165) is 0 Å². The molecule has 0 unspecified atom stereocenters. The molecule has 4 N–H and O–H groups in total. The summed E-state index contributed by atoms with van der Waals surface area (Å²) in [7, 11) is -7.25. The topological polar surface area (TPSA) is 116 Å². The first-order valence-electron chi connectivity index (χ1n) is 5.90. The third-order valence-corrected chi connectivity index (χ3v) is 5.26. The van der Waals surface area contributed by atoms with Gasteiger partial charge < -0.3 is 0 Å². The SMILES string of the molecule is C=C1NS(=O)(=O)NC(C)=C1CC1=C(C)NS(=O)(=O)NC1=C. The maximum absolute atomic E-state index is 11.5. The Kier molecular flexibility index (Phi) is 3.54. The zero-order chi connectivity index (χ0) is 16.0. The van der Waals surface area contributed by atoms with Crippen molar-refractivity contribution >= 4 is 20.4 Å². The minimum absolute atomic E-state index is 0.243. The van der Waals surface area contributed by atoms with Crippen molar-refractivity contribution in [3.63, 3.8) is 0 Å². The van der Waals surface area contributed by atoms with Gasteiger partial charge in [0.15, 0.2) is 0 Å². The van der Waals surface area contributed by atoms with Crippen molar-refractivity contribution in [2.45, 2.75) is 20.3 Å². The second-order valence-electron chi connectivity index (χ2n) is 4.76. The van der Waals surface area contributed by atoms with Crippen LogP contribution in [0.25, 0.3) is 0 Å². The Morgan fingerprint density at radius 3 is 1.38 bits per heavy atom. The smallest absolute Gasteiger partial charge is 0.270 e. The van der Waals surface area contributed by atoms with Crippen LogP contribution in [-0.4, -0.2) is 16.8 Å². The highest BCUT2D eigenvalue weighted by molar-refractivity contribution is 7.88. The molecule has 10 heteroatoms. The van der Waals surface area contributed by atoms with E-state index in [1.54, 1.807) is 13.8 Å². The lowest BCUT2D eigenvalue weighted by molar-refractivity contribution is 0.577. The van der Waals surface area contributed by atoms with Crippen LogP contribution in [0.4, 0.5) is 0 Å². The van der Waals surface area contributed by atoms with Gasteiger partial charge in [0, 0.05) is 29.2 Å². The third-order valence-electron chi connectivity index (χ3n) is 3.08. The standard InChI is InChI=1S/C11H16N4O4S2/c1-6-10(7(2)13-20(16,17)12-6)5-11-8(3)14-21(18,19)15-9(11)4/h12-15H,1,3,5H2,2,4H3. The number of hydrogen-bond donors (Lipinski definition) is 4. The number of nitrogens with one attached hydrogen (secondary N) is 4. The van der Waals surface area contributed by atoms with Gasteiger partial charge in [-0.1, -0.05) is 13.2 Å². The minimum Gasteiger partial charge on any atom is -0.270 e. The van der Waals surface area contributed by atoms with Gasteiger partial charge in [0.05, 0.1) is 0 Å². The van der Waals surface area contributed by atoms with Crippen molar-refractivity contribution in [2.24, 2.45) is 0 Å². The molecule has 0 saturated carbocycles. The fourth-order valence-corrected chi connectivity index (χ4v) is 4.18. The first kappa shape index (κ1) is 15.4. The lowest BCUT2D eigenvalue weighted by atomic mass is 9.98. The molecular weight excluding hydrogens is 316 g/mol. The van der Waals surface area contributed by atoms with Crippen LogP contribution in [0.5, 0.6) is 0 Å². The summed E-state index contributed by atoms with van der Waals surface area (Å²) in [6.07, 6.45) is 0.278. The molecule has 0 spiro atoms. The predicted molar refractivity (Wildman–Crippen MR) is 78.7 cm³/mol. The maximum Gasteiger partial charge on any atom is 0.321 e. The van der Waals surface area contributed by atoms with Crippen LogP contribution in [0.1, 0.15) is 20.3 Å². The van der Waals surface area contributed by atoms with Gasteiger partial charge in [-0.15, -0.1) is 0 Å². The largest absolute Gasteiger partial charge is 0.321 e. The summed E-state index contributed by atoms with van der Waals surface area (Å²) < 4.78 is 55.1. The summed E-state index contributed by atoms with van der Waals surface area (Å²) in [6.45, 7) is 10.6. The third kappa shape index (κ3) is 3.22. The quantitative estimate of drug-likeness (QED) is 0.561. The zero-order valence-corrected chi connectivity index (χ0v) is 13.2. The van der Waals surface area contributed by atoms with E-state index in [-0.39, 0.29) is 17.8 Å². The Hall–Kier alpha value is -1.94. The van der Waals surface area contributed by atoms with Gasteiger partial charge in [-0.2, -0.15) is 16.8 Å². The van der Waals surface area contributed by atoms with Gasteiger partial charge >= 0.3 is 20.4 Å². The molecule has 8 nitrogen and oxygen atoms in total. The van der Waals surface area contributed by atoms with Crippen LogP contribution in [-0.2, 0) is 20.4 Å². The van der Waals surface area contributed by atoms with E-state index in [0.29, 0.717) is 22.5 Å². The average Bonchev–Trinajstić information content (AvgIpc) is 2.22. The molecule has 0 bridgehead atoms. The minimum atomic E-state index is -3.62. The van der Waals surface area contributed by atoms with E-state index in [9.17, 15) is 16.8 Å². The summed E-state index contributed by atoms with van der Waals surface area (Å²) in [5, 5.41) is 0. The molecule has 0 amide bonds. The van der Waals surface area contributed by atoms with Crippen molar-refractivity contribution in [1.29, 1.82) is 0 Å². The van der Waals surface area contributed by atoms with Crippen LogP contribution in [0.2, 0.25) is 0 Å². The van der Waals surface area contributed by atoms with Gasteiger partial charge in [-0.05, 0) is 25.0 Å². The summed E-state index contributed by atoms with van der Waals surface area (Å²) >= 11 is 0. The first-order chi connectivity index (χ1) is 9.51. The Labute approximate surface area is 124 Å². The van der Waals surface area contributed by atoms with Gasteiger partial charge in [-0.25, -0.2) is 0 Å². The molecule has 0 saturated heterocycles. The molecule has 0 fully saturated rings. The van der Waals surface area contributed by atoms with Gasteiger partial charge in [0.25, 0.3) is 0 Å². The lowest BCUT2D eigenvalue weighted by Crippen LogP contribution is -2.42. The Balaban J connectivity index is 2.38. The molecule has 2 aliphatic heterocycles. The molecule has 2 heterocycles. The van der Waals surface area contributed by atoms with Crippen LogP contribution < -0.4 is 18.9 Å². The second kappa shape index (κ2) is 4.81. The summed E-state index contributed by atoms with van der Waals surface area (Å²) in [5.74, 6) is 0. The predicted octanol–water partition coefficient (Wildman–Crippen LogP) is -0.173. The van der Waals surface area contributed by atoms with Crippen molar-refractivity contribution in [3.05, 3.63) is 47.1 Å². The van der Waals surface area contributed by atoms with E-state index >= 15 is 0 Å². The highest BCUT2D eigenvalue weighted by Gasteiger charge is 2.27. The summed E-state index contributed by atoms with van der Waals surface area (Å²) in [5.41, 5.74) is 2.60. The highest BCUT2D eigenvalue weighted by Crippen LogP contribution is 2.28. The van der Waals surface area contributed by atoms with Crippen LogP contribution in [0.3, 0.4) is 0 Å². The average molecular weight is 332 g/mol. The molecule has 0 aromatic carbocycles. The fourth-order valence-electron chi connectivity index (χ4n) is 2.13.